The van der Waals surface area contributed by atoms with Crippen molar-refractivity contribution in [2.75, 3.05) is 6.54 Å². The minimum atomic E-state index is -4.63. The molecule has 36 heavy (non-hydrogen) atoms. The van der Waals surface area contributed by atoms with Gasteiger partial charge in [0, 0.05) is 30.9 Å². The van der Waals surface area contributed by atoms with Crippen LogP contribution in [0.25, 0.3) is 11.3 Å². The van der Waals surface area contributed by atoms with Gasteiger partial charge in [-0.2, -0.15) is 13.2 Å². The Labute approximate surface area is 203 Å². The number of amides is 2. The first kappa shape index (κ1) is 26.8. The zero-order valence-electron chi connectivity index (χ0n) is 19.6. The first-order chi connectivity index (χ1) is 16.7. The molecule has 9 nitrogen and oxygen atoms in total. The predicted octanol–water partition coefficient (Wildman–Crippen LogP) is 4.12. The lowest BCUT2D eigenvalue weighted by Gasteiger charge is -2.33. The van der Waals surface area contributed by atoms with E-state index in [-0.39, 0.29) is 41.9 Å². The number of carbonyl (C=O) groups excluding carboxylic acids is 2. The molecule has 3 rings (SSSR count). The summed E-state index contributed by atoms with van der Waals surface area (Å²) in [6, 6.07) is 3.19. The number of hydrogen-bond donors (Lipinski definition) is 1. The molecule has 0 aliphatic carbocycles. The molecule has 0 radical (unpaired) electrons. The Kier molecular flexibility index (Phi) is 7.51. The van der Waals surface area contributed by atoms with Gasteiger partial charge in [-0.25, -0.2) is 14.0 Å². The first-order valence-corrected chi connectivity index (χ1v) is 10.8. The van der Waals surface area contributed by atoms with Crippen LogP contribution in [0, 0.1) is 0 Å². The van der Waals surface area contributed by atoms with Crippen molar-refractivity contribution >= 4 is 18.5 Å². The number of carboxylic acids is 1. The molecule has 2 atom stereocenters. The summed E-state index contributed by atoms with van der Waals surface area (Å²) in [5, 5.41) is 9.59. The summed E-state index contributed by atoms with van der Waals surface area (Å²) >= 11 is 0. The summed E-state index contributed by atoms with van der Waals surface area (Å²) in [5.74, 6) is -1.36. The van der Waals surface area contributed by atoms with Crippen LogP contribution in [-0.4, -0.2) is 67.8 Å². The molecule has 0 aromatic carbocycles. The maximum Gasteiger partial charge on any atom is 0.433 e. The zero-order valence-corrected chi connectivity index (χ0v) is 19.6. The average molecular weight is 512 g/mol. The Balaban J connectivity index is 1.93. The second-order valence-electron chi connectivity index (χ2n) is 9.19. The topological polar surface area (TPSA) is 113 Å². The molecule has 1 saturated heterocycles. The van der Waals surface area contributed by atoms with Gasteiger partial charge in [0.05, 0.1) is 17.8 Å². The summed E-state index contributed by atoms with van der Waals surface area (Å²) in [4.78, 5) is 45.8. The highest BCUT2D eigenvalue weighted by Gasteiger charge is 2.41. The lowest BCUT2D eigenvalue weighted by atomic mass is 10.1. The lowest BCUT2D eigenvalue weighted by Crippen LogP contribution is -2.48. The van der Waals surface area contributed by atoms with E-state index in [4.69, 9.17) is 4.74 Å². The van der Waals surface area contributed by atoms with Gasteiger partial charge < -0.3 is 14.7 Å². The van der Waals surface area contributed by atoms with Crippen molar-refractivity contribution in [2.45, 2.75) is 57.9 Å². The van der Waals surface area contributed by atoms with Crippen LogP contribution in [0.4, 0.5) is 22.4 Å². The number of carbonyl (C=O) groups is 3. The number of rotatable bonds is 6. The van der Waals surface area contributed by atoms with Gasteiger partial charge in [-0.1, -0.05) is 0 Å². The normalized spacial score (nSPS) is 18.1. The molecule has 3 heterocycles. The number of pyridine rings is 2. The Morgan fingerprint density at radius 3 is 2.44 bits per heavy atom. The van der Waals surface area contributed by atoms with Gasteiger partial charge >= 0.3 is 18.2 Å². The zero-order chi connectivity index (χ0) is 26.8. The predicted molar refractivity (Wildman–Crippen MR) is 117 cm³/mol. The minimum absolute atomic E-state index is 0.0749. The molecule has 0 spiro atoms. The number of halogens is 4. The molecule has 1 fully saturated rings. The Hall–Kier alpha value is -3.77. The second kappa shape index (κ2) is 10.1. The van der Waals surface area contributed by atoms with E-state index in [9.17, 15) is 37.1 Å². The molecule has 194 valence electrons. The van der Waals surface area contributed by atoms with E-state index in [2.05, 4.69) is 9.97 Å². The Morgan fingerprint density at radius 2 is 1.92 bits per heavy atom. The van der Waals surface area contributed by atoms with Crippen molar-refractivity contribution in [2.24, 2.45) is 0 Å². The highest BCUT2D eigenvalue weighted by molar-refractivity contribution is 5.89. The molecule has 2 aromatic heterocycles. The van der Waals surface area contributed by atoms with E-state index >= 15 is 0 Å². The quantitative estimate of drug-likeness (QED) is 0.458. The summed E-state index contributed by atoms with van der Waals surface area (Å²) in [6.45, 7) is 4.25. The maximum absolute atomic E-state index is 14.3. The van der Waals surface area contributed by atoms with Crippen molar-refractivity contribution in [3.8, 4) is 11.3 Å². The van der Waals surface area contributed by atoms with Crippen LogP contribution in [-0.2, 0) is 22.3 Å². The van der Waals surface area contributed by atoms with Gasteiger partial charge in [-0.3, -0.25) is 19.7 Å². The standard InChI is InChI=1S/C23H24F4N4O5/c1-22(2,3)36-21(35)31-11-15(24)7-19(31)30(12-32)10-14-6-17(28-9-16(14)20(33)34)13-4-5-18(29-8-13)23(25,26)27/h4-6,8-9,12,15,19H,7,10-11H2,1-3H3,(H,33,34). The van der Waals surface area contributed by atoms with Crippen LogP contribution in [0.5, 0.6) is 0 Å². The molecular weight excluding hydrogens is 488 g/mol. The van der Waals surface area contributed by atoms with Crippen molar-refractivity contribution in [1.82, 2.24) is 19.8 Å². The smallest absolute Gasteiger partial charge is 0.433 e. The van der Waals surface area contributed by atoms with Crippen LogP contribution < -0.4 is 0 Å². The number of aromatic carboxylic acids is 1. The van der Waals surface area contributed by atoms with Crippen molar-refractivity contribution < 1.29 is 41.8 Å². The van der Waals surface area contributed by atoms with Crippen LogP contribution in [0.3, 0.4) is 0 Å². The number of carboxylic acid groups (broad SMARTS) is 1. The summed E-state index contributed by atoms with van der Waals surface area (Å²) < 4.78 is 58.0. The van der Waals surface area contributed by atoms with E-state index in [1.165, 1.54) is 6.07 Å². The SMILES string of the molecule is CC(C)(C)OC(=O)N1CC(F)CC1N(C=O)Cc1cc(-c2ccc(C(F)(F)F)nc2)ncc1C(=O)O. The third kappa shape index (κ3) is 6.26. The summed E-state index contributed by atoms with van der Waals surface area (Å²) in [5.41, 5.74) is -1.88. The molecule has 1 N–H and O–H groups in total. The molecule has 2 unspecified atom stereocenters. The van der Waals surface area contributed by atoms with Crippen molar-refractivity contribution in [3.63, 3.8) is 0 Å². The molecule has 2 aromatic rings. The fraction of sp³-hybridized carbons (Fsp3) is 0.435. The minimum Gasteiger partial charge on any atom is -0.478 e. The molecule has 0 saturated carbocycles. The number of nitrogens with zero attached hydrogens (tertiary/aromatic N) is 4. The third-order valence-corrected chi connectivity index (χ3v) is 5.29. The van der Waals surface area contributed by atoms with Crippen molar-refractivity contribution in [3.05, 3.63) is 47.4 Å². The van der Waals surface area contributed by atoms with E-state index in [0.717, 1.165) is 34.3 Å². The summed E-state index contributed by atoms with van der Waals surface area (Å²) in [6.07, 6.45) is -5.83. The van der Waals surface area contributed by atoms with E-state index in [1.54, 1.807) is 20.8 Å². The lowest BCUT2D eigenvalue weighted by molar-refractivity contribution is -0.141. The molecule has 1 aliphatic rings. The van der Waals surface area contributed by atoms with E-state index < -0.39 is 41.9 Å². The molecule has 1 aliphatic heterocycles. The van der Waals surface area contributed by atoms with Crippen LogP contribution in [0.15, 0.2) is 30.6 Å². The second-order valence-corrected chi connectivity index (χ2v) is 9.19. The molecule has 2 amide bonds. The number of alkyl halides is 4. The fourth-order valence-corrected chi connectivity index (χ4v) is 3.70. The highest BCUT2D eigenvalue weighted by Crippen LogP contribution is 2.30. The maximum atomic E-state index is 14.3. The van der Waals surface area contributed by atoms with Crippen molar-refractivity contribution in [1.29, 1.82) is 0 Å². The van der Waals surface area contributed by atoms with Gasteiger partial charge in [-0.05, 0) is 44.5 Å². The Bertz CT molecular complexity index is 1130. The molecule has 0 bridgehead atoms. The van der Waals surface area contributed by atoms with Gasteiger partial charge in [0.1, 0.15) is 23.6 Å². The largest absolute Gasteiger partial charge is 0.478 e. The average Bonchev–Trinajstić information content (AvgIpc) is 3.17. The Morgan fingerprint density at radius 1 is 1.22 bits per heavy atom. The van der Waals surface area contributed by atoms with Gasteiger partial charge in [0.25, 0.3) is 0 Å². The van der Waals surface area contributed by atoms with Crippen LogP contribution >= 0.6 is 0 Å². The highest BCUT2D eigenvalue weighted by atomic mass is 19.4. The van der Waals surface area contributed by atoms with Gasteiger partial charge in [0.2, 0.25) is 6.41 Å². The monoisotopic (exact) mass is 512 g/mol. The number of hydrogen-bond acceptors (Lipinski definition) is 6. The van der Waals surface area contributed by atoms with E-state index in [0.29, 0.717) is 6.41 Å². The summed E-state index contributed by atoms with van der Waals surface area (Å²) in [7, 11) is 0. The number of aromatic nitrogens is 2. The molecule has 13 heteroatoms. The number of likely N-dealkylation sites (tertiary alicyclic amines) is 1. The van der Waals surface area contributed by atoms with Crippen LogP contribution in [0.1, 0.15) is 48.8 Å². The van der Waals surface area contributed by atoms with Crippen LogP contribution in [0.2, 0.25) is 0 Å². The van der Waals surface area contributed by atoms with E-state index in [1.807, 2.05) is 0 Å². The third-order valence-electron chi connectivity index (χ3n) is 5.29. The van der Waals surface area contributed by atoms with Gasteiger partial charge in [0.15, 0.2) is 0 Å². The first-order valence-electron chi connectivity index (χ1n) is 10.8. The molecular formula is C23H24F4N4O5. The number of ether oxygens (including phenoxy) is 1. The fourth-order valence-electron chi connectivity index (χ4n) is 3.70. The van der Waals surface area contributed by atoms with Gasteiger partial charge in [-0.15, -0.1) is 0 Å².